The molecular weight excluding hydrogens is 172 g/mol. The average Bonchev–Trinajstić information content (AvgIpc) is 2.15. The second kappa shape index (κ2) is 5.60. The van der Waals surface area contributed by atoms with Crippen molar-refractivity contribution in [1.29, 1.82) is 0 Å². The molecule has 1 saturated carbocycles. The van der Waals surface area contributed by atoms with Gasteiger partial charge in [-0.25, -0.2) is 0 Å². The van der Waals surface area contributed by atoms with Gasteiger partial charge in [0, 0.05) is 5.92 Å². The third-order valence-electron chi connectivity index (χ3n) is 2.38. The quantitative estimate of drug-likeness (QED) is 0.634. The zero-order chi connectivity index (χ0) is 8.81. The van der Waals surface area contributed by atoms with Crippen LogP contribution in [0.5, 0.6) is 0 Å². The molecule has 12 heavy (non-hydrogen) atoms. The summed E-state index contributed by atoms with van der Waals surface area (Å²) in [5.41, 5.74) is 0. The molecule has 0 heterocycles. The maximum Gasteiger partial charge on any atom is 0.148 e. The summed E-state index contributed by atoms with van der Waals surface area (Å²) < 4.78 is 4.80. The summed E-state index contributed by atoms with van der Waals surface area (Å²) in [5, 5.41) is 0. The van der Waals surface area contributed by atoms with Crippen molar-refractivity contribution in [3.8, 4) is 0 Å². The van der Waals surface area contributed by atoms with Gasteiger partial charge in [0.25, 0.3) is 0 Å². The largest absolute Gasteiger partial charge is 0.318 e. The van der Waals surface area contributed by atoms with Crippen LogP contribution in [0, 0.1) is 5.92 Å². The number of carbonyl (C=O) groups is 1. The summed E-state index contributed by atoms with van der Waals surface area (Å²) in [4.78, 5) is 11.5. The SMILES string of the molecule is COSCC(=O)C1CCCCC1. The second-order valence-corrected chi connectivity index (χ2v) is 4.09. The van der Waals surface area contributed by atoms with Gasteiger partial charge in [-0.1, -0.05) is 19.3 Å². The molecule has 0 atom stereocenters. The number of rotatable bonds is 4. The van der Waals surface area contributed by atoms with E-state index in [1.807, 2.05) is 0 Å². The van der Waals surface area contributed by atoms with Crippen molar-refractivity contribution in [2.24, 2.45) is 5.92 Å². The van der Waals surface area contributed by atoms with Crippen LogP contribution >= 0.6 is 12.0 Å². The van der Waals surface area contributed by atoms with Crippen LogP contribution in [0.2, 0.25) is 0 Å². The first-order valence-electron chi connectivity index (χ1n) is 4.53. The van der Waals surface area contributed by atoms with Crippen LogP contribution in [0.15, 0.2) is 0 Å². The van der Waals surface area contributed by atoms with Crippen molar-refractivity contribution < 1.29 is 8.98 Å². The molecule has 0 aliphatic heterocycles. The van der Waals surface area contributed by atoms with Gasteiger partial charge < -0.3 is 4.18 Å². The Morgan fingerprint density at radius 2 is 2.08 bits per heavy atom. The van der Waals surface area contributed by atoms with Crippen molar-refractivity contribution >= 4 is 17.8 Å². The second-order valence-electron chi connectivity index (χ2n) is 3.23. The topological polar surface area (TPSA) is 26.3 Å². The minimum atomic E-state index is 0.335. The van der Waals surface area contributed by atoms with Crippen molar-refractivity contribution in [2.75, 3.05) is 12.9 Å². The molecule has 0 aromatic carbocycles. The third kappa shape index (κ3) is 3.15. The molecule has 3 heteroatoms. The average molecular weight is 188 g/mol. The summed E-state index contributed by atoms with van der Waals surface area (Å²) in [5.74, 6) is 1.24. The maximum atomic E-state index is 11.5. The van der Waals surface area contributed by atoms with Crippen LogP contribution < -0.4 is 0 Å². The summed E-state index contributed by atoms with van der Waals surface area (Å²) in [6.07, 6.45) is 5.97. The van der Waals surface area contributed by atoms with E-state index in [0.29, 0.717) is 17.5 Å². The molecule has 70 valence electrons. The zero-order valence-corrected chi connectivity index (χ0v) is 8.36. The van der Waals surface area contributed by atoms with Gasteiger partial charge in [0.15, 0.2) is 0 Å². The maximum absolute atomic E-state index is 11.5. The Balaban J connectivity index is 2.20. The predicted molar refractivity (Wildman–Crippen MR) is 51.0 cm³/mol. The standard InChI is InChI=1S/C9H16O2S/c1-11-12-7-9(10)8-5-3-2-4-6-8/h8H,2-7H2,1H3. The van der Waals surface area contributed by atoms with Gasteiger partial charge >= 0.3 is 0 Å². The summed E-state index contributed by atoms with van der Waals surface area (Å²) in [6.45, 7) is 0. The first-order chi connectivity index (χ1) is 5.84. The van der Waals surface area contributed by atoms with Crippen molar-refractivity contribution in [1.82, 2.24) is 0 Å². The molecule has 0 N–H and O–H groups in total. The summed E-state index contributed by atoms with van der Waals surface area (Å²) >= 11 is 1.26. The molecule has 1 aliphatic rings. The molecule has 0 aromatic heterocycles. The van der Waals surface area contributed by atoms with Crippen LogP contribution in [0.4, 0.5) is 0 Å². The fourth-order valence-corrected chi connectivity index (χ4v) is 2.13. The highest BCUT2D eigenvalue weighted by Gasteiger charge is 2.20. The van der Waals surface area contributed by atoms with Gasteiger partial charge in [-0.15, -0.1) is 0 Å². The van der Waals surface area contributed by atoms with Crippen molar-refractivity contribution in [3.63, 3.8) is 0 Å². The van der Waals surface area contributed by atoms with Crippen molar-refractivity contribution in [2.45, 2.75) is 32.1 Å². The van der Waals surface area contributed by atoms with E-state index in [-0.39, 0.29) is 0 Å². The fourth-order valence-electron chi connectivity index (χ4n) is 1.66. The highest BCUT2D eigenvalue weighted by molar-refractivity contribution is 7.95. The fraction of sp³-hybridized carbons (Fsp3) is 0.889. The molecule has 0 radical (unpaired) electrons. The van der Waals surface area contributed by atoms with Crippen LogP contribution in [-0.2, 0) is 8.98 Å². The van der Waals surface area contributed by atoms with Crippen molar-refractivity contribution in [3.05, 3.63) is 0 Å². The summed E-state index contributed by atoms with van der Waals surface area (Å²) in [6, 6.07) is 0. The first-order valence-corrected chi connectivity index (χ1v) is 5.44. The lowest BCUT2D eigenvalue weighted by molar-refractivity contribution is -0.121. The lowest BCUT2D eigenvalue weighted by atomic mass is 9.87. The third-order valence-corrected chi connectivity index (χ3v) is 3.02. The number of ketones is 1. The van der Waals surface area contributed by atoms with E-state index in [9.17, 15) is 4.79 Å². The number of Topliss-reactive ketones (excluding diaryl/α,β-unsaturated/α-hetero) is 1. The Morgan fingerprint density at radius 3 is 2.67 bits per heavy atom. The Hall–Kier alpha value is -0.0200. The van der Waals surface area contributed by atoms with Gasteiger partial charge in [0.2, 0.25) is 0 Å². The van der Waals surface area contributed by atoms with E-state index < -0.39 is 0 Å². The van der Waals surface area contributed by atoms with Crippen LogP contribution in [-0.4, -0.2) is 18.6 Å². The van der Waals surface area contributed by atoms with Gasteiger partial charge in [-0.05, 0) is 24.9 Å². The van der Waals surface area contributed by atoms with Gasteiger partial charge in [-0.2, -0.15) is 0 Å². The van der Waals surface area contributed by atoms with Crippen LogP contribution in [0.3, 0.4) is 0 Å². The molecule has 1 fully saturated rings. The molecule has 1 aliphatic carbocycles. The molecule has 0 saturated heterocycles. The molecular formula is C9H16O2S. The number of hydrogen-bond donors (Lipinski definition) is 0. The molecule has 2 nitrogen and oxygen atoms in total. The van der Waals surface area contributed by atoms with Gasteiger partial charge in [-0.3, -0.25) is 4.79 Å². The van der Waals surface area contributed by atoms with Gasteiger partial charge in [0.1, 0.15) is 5.78 Å². The Morgan fingerprint density at radius 1 is 1.42 bits per heavy atom. The Bertz CT molecular complexity index is 141. The first kappa shape index (κ1) is 10.1. The lowest BCUT2D eigenvalue weighted by Crippen LogP contribution is -2.19. The van der Waals surface area contributed by atoms with Crippen LogP contribution in [0.25, 0.3) is 0 Å². The zero-order valence-electron chi connectivity index (χ0n) is 7.54. The minimum Gasteiger partial charge on any atom is -0.318 e. The van der Waals surface area contributed by atoms with E-state index in [2.05, 4.69) is 0 Å². The number of carbonyl (C=O) groups excluding carboxylic acids is 1. The lowest BCUT2D eigenvalue weighted by Gasteiger charge is -2.19. The molecule has 0 bridgehead atoms. The van der Waals surface area contributed by atoms with Crippen LogP contribution in [0.1, 0.15) is 32.1 Å². The summed E-state index contributed by atoms with van der Waals surface area (Å²) in [7, 11) is 1.61. The van der Waals surface area contributed by atoms with E-state index in [1.54, 1.807) is 7.11 Å². The monoisotopic (exact) mass is 188 g/mol. The van der Waals surface area contributed by atoms with E-state index in [0.717, 1.165) is 12.8 Å². The molecule has 0 unspecified atom stereocenters. The molecule has 1 rings (SSSR count). The smallest absolute Gasteiger partial charge is 0.148 e. The van der Waals surface area contributed by atoms with E-state index >= 15 is 0 Å². The molecule has 0 aromatic rings. The normalized spacial score (nSPS) is 19.4. The highest BCUT2D eigenvalue weighted by Crippen LogP contribution is 2.25. The van der Waals surface area contributed by atoms with Gasteiger partial charge in [0.05, 0.1) is 12.9 Å². The van der Waals surface area contributed by atoms with E-state index in [4.69, 9.17) is 4.18 Å². The Kier molecular flexibility index (Phi) is 4.69. The molecule has 0 spiro atoms. The Labute approximate surface area is 78.3 Å². The predicted octanol–water partition coefficient (Wildman–Crippen LogP) is 2.43. The highest BCUT2D eigenvalue weighted by atomic mass is 32.2. The minimum absolute atomic E-state index is 0.335. The number of hydrogen-bond acceptors (Lipinski definition) is 3. The molecule has 0 amide bonds. The van der Waals surface area contributed by atoms with E-state index in [1.165, 1.54) is 31.3 Å².